The smallest absolute Gasteiger partial charge is 0.246 e. The van der Waals surface area contributed by atoms with Crippen LogP contribution in [0.5, 0.6) is 0 Å². The van der Waals surface area contributed by atoms with Crippen LogP contribution >= 0.6 is 0 Å². The Hall–Kier alpha value is -1.44. The average Bonchev–Trinajstić information content (AvgIpc) is 2.30. The van der Waals surface area contributed by atoms with Crippen molar-refractivity contribution in [2.45, 2.75) is 24.3 Å². The maximum atomic E-state index is 12.0. The van der Waals surface area contributed by atoms with Crippen molar-refractivity contribution in [3.05, 3.63) is 23.9 Å². The summed E-state index contributed by atoms with van der Waals surface area (Å²) in [5, 5.41) is 0. The summed E-state index contributed by atoms with van der Waals surface area (Å²) < 4.78 is 25.2. The number of nitrogens with zero attached hydrogens (tertiary/aromatic N) is 2. The molecule has 4 N–H and O–H groups in total. The third-order valence-electron chi connectivity index (χ3n) is 2.48. The summed E-state index contributed by atoms with van der Waals surface area (Å²) in [6.07, 6.45) is 5.90. The number of aromatic nitrogens is 1. The fourth-order valence-corrected chi connectivity index (χ4v) is 2.38. The van der Waals surface area contributed by atoms with Crippen LogP contribution in [0.3, 0.4) is 0 Å². The predicted molar refractivity (Wildman–Crippen MR) is 76.8 cm³/mol. The fraction of sp³-hybridized carbons (Fsp3) is 0.417. The first-order valence-electron chi connectivity index (χ1n) is 5.85. The molecule has 0 aliphatic rings. The highest BCUT2D eigenvalue weighted by Gasteiger charge is 2.21. The summed E-state index contributed by atoms with van der Waals surface area (Å²) in [5.41, 5.74) is 11.9. The SMILES string of the molecule is C[C@H](N)C/C=C/c1cnc(N)c(S(=O)(=O)N(C)C)c1. The second kappa shape index (κ2) is 6.14. The Bertz CT molecular complexity index is 565. The molecular formula is C12H20N4O2S. The summed E-state index contributed by atoms with van der Waals surface area (Å²) in [4.78, 5) is 3.93. The average molecular weight is 284 g/mol. The van der Waals surface area contributed by atoms with E-state index in [0.29, 0.717) is 12.0 Å². The predicted octanol–water partition coefficient (Wildman–Crippen LogP) is 0.665. The van der Waals surface area contributed by atoms with E-state index >= 15 is 0 Å². The van der Waals surface area contributed by atoms with Crippen molar-refractivity contribution < 1.29 is 8.42 Å². The van der Waals surface area contributed by atoms with Gasteiger partial charge in [-0.1, -0.05) is 12.2 Å². The van der Waals surface area contributed by atoms with E-state index in [4.69, 9.17) is 11.5 Å². The van der Waals surface area contributed by atoms with Crippen LogP contribution in [0.2, 0.25) is 0 Å². The monoisotopic (exact) mass is 284 g/mol. The van der Waals surface area contributed by atoms with Crippen molar-refractivity contribution >= 4 is 21.9 Å². The van der Waals surface area contributed by atoms with Gasteiger partial charge in [-0.3, -0.25) is 0 Å². The Morgan fingerprint density at radius 3 is 2.63 bits per heavy atom. The van der Waals surface area contributed by atoms with E-state index in [1.54, 1.807) is 6.08 Å². The molecule has 0 aliphatic carbocycles. The maximum Gasteiger partial charge on any atom is 0.246 e. The first-order valence-corrected chi connectivity index (χ1v) is 7.29. The molecular weight excluding hydrogens is 264 g/mol. The van der Waals surface area contributed by atoms with Gasteiger partial charge in [-0.05, 0) is 25.0 Å². The van der Waals surface area contributed by atoms with E-state index in [-0.39, 0.29) is 16.8 Å². The van der Waals surface area contributed by atoms with Gasteiger partial charge in [0.1, 0.15) is 10.7 Å². The Labute approximate surface area is 114 Å². The first kappa shape index (κ1) is 15.6. The molecule has 6 nitrogen and oxygen atoms in total. The van der Waals surface area contributed by atoms with Gasteiger partial charge in [-0.15, -0.1) is 0 Å². The van der Waals surface area contributed by atoms with Gasteiger partial charge >= 0.3 is 0 Å². The van der Waals surface area contributed by atoms with E-state index in [0.717, 1.165) is 4.31 Å². The molecule has 1 aromatic rings. The zero-order valence-corrected chi connectivity index (χ0v) is 12.2. The molecule has 0 bridgehead atoms. The summed E-state index contributed by atoms with van der Waals surface area (Å²) in [6, 6.07) is 1.57. The van der Waals surface area contributed by atoms with E-state index in [2.05, 4.69) is 4.98 Å². The fourth-order valence-electron chi connectivity index (χ4n) is 1.38. The molecule has 1 aromatic heterocycles. The van der Waals surface area contributed by atoms with Crippen LogP contribution in [0.1, 0.15) is 18.9 Å². The Morgan fingerprint density at radius 2 is 2.11 bits per heavy atom. The maximum absolute atomic E-state index is 12.0. The van der Waals surface area contributed by atoms with Gasteiger partial charge < -0.3 is 11.5 Å². The highest BCUT2D eigenvalue weighted by molar-refractivity contribution is 7.89. The number of sulfonamides is 1. The minimum Gasteiger partial charge on any atom is -0.383 e. The van der Waals surface area contributed by atoms with Crippen molar-refractivity contribution in [1.82, 2.24) is 9.29 Å². The van der Waals surface area contributed by atoms with Crippen LogP contribution in [0.4, 0.5) is 5.82 Å². The summed E-state index contributed by atoms with van der Waals surface area (Å²) in [6.45, 7) is 1.90. The molecule has 7 heteroatoms. The van der Waals surface area contributed by atoms with E-state index in [1.165, 1.54) is 26.4 Å². The zero-order chi connectivity index (χ0) is 14.6. The Morgan fingerprint density at radius 1 is 1.47 bits per heavy atom. The lowest BCUT2D eigenvalue weighted by molar-refractivity contribution is 0.521. The van der Waals surface area contributed by atoms with Gasteiger partial charge in [0.2, 0.25) is 10.0 Å². The topological polar surface area (TPSA) is 102 Å². The minimum absolute atomic E-state index is 0.00181. The van der Waals surface area contributed by atoms with Gasteiger partial charge in [0.05, 0.1) is 0 Å². The molecule has 1 atom stereocenters. The van der Waals surface area contributed by atoms with Gasteiger partial charge in [-0.2, -0.15) is 0 Å². The van der Waals surface area contributed by atoms with Gasteiger partial charge in [0.25, 0.3) is 0 Å². The molecule has 0 radical (unpaired) electrons. The molecule has 106 valence electrons. The number of hydrogen-bond donors (Lipinski definition) is 2. The normalized spacial score (nSPS) is 14.2. The van der Waals surface area contributed by atoms with Crippen LogP contribution < -0.4 is 11.5 Å². The third-order valence-corrected chi connectivity index (χ3v) is 4.32. The number of nitrogens with two attached hydrogens (primary N) is 2. The number of anilines is 1. The van der Waals surface area contributed by atoms with Crippen molar-refractivity contribution in [2.75, 3.05) is 19.8 Å². The molecule has 19 heavy (non-hydrogen) atoms. The molecule has 0 amide bonds. The molecule has 0 saturated carbocycles. The molecule has 0 saturated heterocycles. The zero-order valence-electron chi connectivity index (χ0n) is 11.4. The first-order chi connectivity index (χ1) is 8.75. The molecule has 1 rings (SSSR count). The summed E-state index contributed by atoms with van der Waals surface area (Å²) >= 11 is 0. The number of pyridine rings is 1. The molecule has 0 fully saturated rings. The van der Waals surface area contributed by atoms with E-state index in [1.807, 2.05) is 13.0 Å². The quantitative estimate of drug-likeness (QED) is 0.827. The van der Waals surface area contributed by atoms with Crippen LogP contribution in [0.15, 0.2) is 23.2 Å². The second-order valence-corrected chi connectivity index (χ2v) is 6.68. The van der Waals surface area contributed by atoms with Gasteiger partial charge in [0.15, 0.2) is 0 Å². The lowest BCUT2D eigenvalue weighted by atomic mass is 10.2. The van der Waals surface area contributed by atoms with Crippen molar-refractivity contribution in [3.8, 4) is 0 Å². The molecule has 0 aliphatic heterocycles. The summed E-state index contributed by atoms with van der Waals surface area (Å²) in [5.74, 6) is -0.00181. The second-order valence-electron chi connectivity index (χ2n) is 4.55. The lowest BCUT2D eigenvalue weighted by Crippen LogP contribution is -2.23. The molecule has 1 heterocycles. The van der Waals surface area contributed by atoms with E-state index in [9.17, 15) is 8.42 Å². The lowest BCUT2D eigenvalue weighted by Gasteiger charge is -2.13. The van der Waals surface area contributed by atoms with Crippen LogP contribution in [0.25, 0.3) is 6.08 Å². The highest BCUT2D eigenvalue weighted by atomic mass is 32.2. The van der Waals surface area contributed by atoms with Crippen molar-refractivity contribution in [1.29, 1.82) is 0 Å². The van der Waals surface area contributed by atoms with Gasteiger partial charge in [-0.25, -0.2) is 17.7 Å². The highest BCUT2D eigenvalue weighted by Crippen LogP contribution is 2.20. The molecule has 0 aromatic carbocycles. The van der Waals surface area contributed by atoms with Crippen molar-refractivity contribution in [2.24, 2.45) is 5.73 Å². The number of rotatable bonds is 5. The number of hydrogen-bond acceptors (Lipinski definition) is 5. The standard InChI is InChI=1S/C12H20N4O2S/c1-9(13)5-4-6-10-7-11(12(14)15-8-10)19(17,18)16(2)3/h4,6-9H,5,13H2,1-3H3,(H2,14,15)/b6-4+/t9-/m0/s1. The van der Waals surface area contributed by atoms with E-state index < -0.39 is 10.0 Å². The van der Waals surface area contributed by atoms with Crippen LogP contribution in [-0.4, -0.2) is 37.8 Å². The third kappa shape index (κ3) is 4.02. The largest absolute Gasteiger partial charge is 0.383 e. The molecule has 0 unspecified atom stereocenters. The minimum atomic E-state index is -3.58. The van der Waals surface area contributed by atoms with Gasteiger partial charge in [0, 0.05) is 26.3 Å². The summed E-state index contributed by atoms with van der Waals surface area (Å²) in [7, 11) is -0.681. The van der Waals surface area contributed by atoms with Crippen molar-refractivity contribution in [3.63, 3.8) is 0 Å². The Balaban J connectivity index is 3.12. The number of nitrogen functional groups attached to an aromatic ring is 1. The van der Waals surface area contributed by atoms with Crippen LogP contribution in [0, 0.1) is 0 Å². The molecule has 0 spiro atoms. The Kier molecular flexibility index (Phi) is 5.04. The van der Waals surface area contributed by atoms with Crippen LogP contribution in [-0.2, 0) is 10.0 Å².